The molecule has 1 aromatic carbocycles. The lowest BCUT2D eigenvalue weighted by molar-refractivity contribution is -0.523. The predicted molar refractivity (Wildman–Crippen MR) is 120 cm³/mol. The van der Waals surface area contributed by atoms with Gasteiger partial charge >= 0.3 is 0 Å². The standard InChI is InChI=1S/C24H32N2O6/c1-5-25(6-2)13-9-15(27)19(16(28)10-13)21-23(31)22(24(21)32)20-17(29)11-14(12-18(20)30)26(7-3)8-4/h9-10,17-18,29-30H,5-8,11-12H2,1-4H3,(H2-,27,28,31,32). The van der Waals surface area contributed by atoms with Crippen LogP contribution in [0.25, 0.3) is 5.57 Å². The van der Waals surface area contributed by atoms with E-state index in [0.717, 1.165) is 18.8 Å². The van der Waals surface area contributed by atoms with Crippen LogP contribution in [-0.4, -0.2) is 74.9 Å². The summed E-state index contributed by atoms with van der Waals surface area (Å²) in [5, 5.41) is 55.2. The predicted octanol–water partition coefficient (Wildman–Crippen LogP) is 0.904. The molecule has 1 aromatic rings. The summed E-state index contributed by atoms with van der Waals surface area (Å²) in [4.78, 5) is 14.8. The number of phenols is 2. The molecule has 0 bridgehead atoms. The van der Waals surface area contributed by atoms with Crippen molar-refractivity contribution in [1.82, 2.24) is 0 Å². The normalized spacial score (nSPS) is 21.2. The van der Waals surface area contributed by atoms with Crippen molar-refractivity contribution in [2.24, 2.45) is 0 Å². The molecule has 0 spiro atoms. The molecule has 1 saturated carbocycles. The molecule has 2 unspecified atom stereocenters. The summed E-state index contributed by atoms with van der Waals surface area (Å²) in [7, 11) is 0. The number of carbonyl (C=O) groups is 1. The summed E-state index contributed by atoms with van der Waals surface area (Å²) in [6.07, 6.45) is -1.82. The van der Waals surface area contributed by atoms with Gasteiger partial charge in [-0.3, -0.25) is 4.79 Å². The second kappa shape index (κ2) is 9.34. The highest BCUT2D eigenvalue weighted by Gasteiger charge is 2.41. The molecule has 2 aliphatic rings. The van der Waals surface area contributed by atoms with E-state index in [1.165, 1.54) is 12.1 Å². The van der Waals surface area contributed by atoms with Crippen LogP contribution in [0.5, 0.6) is 11.5 Å². The minimum Gasteiger partial charge on any atom is -0.871 e. The first-order valence-electron chi connectivity index (χ1n) is 11.2. The van der Waals surface area contributed by atoms with Crippen LogP contribution in [0.4, 0.5) is 5.69 Å². The number of carbonyl (C=O) groups excluding carboxylic acids is 1. The molecular formula is C24H32N2O6. The van der Waals surface area contributed by atoms with Gasteiger partial charge in [0.1, 0.15) is 24.6 Å². The van der Waals surface area contributed by atoms with Crippen LogP contribution in [0.3, 0.4) is 0 Å². The molecule has 32 heavy (non-hydrogen) atoms. The Morgan fingerprint density at radius 3 is 1.88 bits per heavy atom. The lowest BCUT2D eigenvalue weighted by Crippen LogP contribution is -2.42. The van der Waals surface area contributed by atoms with E-state index in [2.05, 4.69) is 0 Å². The number of phenolic OH excluding ortho intramolecular Hbond substituents is 2. The lowest BCUT2D eigenvalue weighted by atomic mass is 9.74. The van der Waals surface area contributed by atoms with E-state index < -0.39 is 23.8 Å². The minimum absolute atomic E-state index is 0.0263. The van der Waals surface area contributed by atoms with Crippen LogP contribution in [-0.2, 0) is 4.79 Å². The Balaban J connectivity index is 2.03. The smallest absolute Gasteiger partial charge is 0.192 e. The fraction of sp³-hybridized carbons (Fsp3) is 0.500. The molecule has 0 aromatic heterocycles. The maximum atomic E-state index is 12.9. The number of rotatable bonds is 6. The third-order valence-corrected chi connectivity index (χ3v) is 6.44. The molecule has 174 valence electrons. The third kappa shape index (κ3) is 3.89. The Morgan fingerprint density at radius 1 is 0.969 bits per heavy atom. The number of aliphatic hydroxyl groups excluding tert-OH is 2. The Bertz CT molecular complexity index is 974. The van der Waals surface area contributed by atoms with Crippen molar-refractivity contribution in [1.29, 1.82) is 0 Å². The maximum Gasteiger partial charge on any atom is 0.192 e. The zero-order valence-electron chi connectivity index (χ0n) is 19.1. The van der Waals surface area contributed by atoms with Crippen LogP contribution in [0.15, 0.2) is 29.0 Å². The first-order chi connectivity index (χ1) is 15.2. The van der Waals surface area contributed by atoms with Gasteiger partial charge in [-0.25, -0.2) is 4.58 Å². The molecule has 0 radical (unpaired) electrons. The van der Waals surface area contributed by atoms with E-state index in [9.17, 15) is 30.3 Å². The van der Waals surface area contributed by atoms with E-state index >= 15 is 0 Å². The summed E-state index contributed by atoms with van der Waals surface area (Å²) >= 11 is 0. The molecule has 2 atom stereocenters. The zero-order valence-corrected chi connectivity index (χ0v) is 19.1. The first kappa shape index (κ1) is 23.8. The van der Waals surface area contributed by atoms with Crippen molar-refractivity contribution in [3.05, 3.63) is 34.6 Å². The molecule has 0 aliphatic heterocycles. The van der Waals surface area contributed by atoms with Gasteiger partial charge < -0.3 is 30.4 Å². The van der Waals surface area contributed by atoms with Crippen LogP contribution in [0.1, 0.15) is 46.1 Å². The quantitative estimate of drug-likeness (QED) is 0.379. The largest absolute Gasteiger partial charge is 0.871 e. The third-order valence-electron chi connectivity index (χ3n) is 6.44. The number of aliphatic hydroxyl groups is 2. The molecule has 8 heteroatoms. The van der Waals surface area contributed by atoms with Gasteiger partial charge in [0.25, 0.3) is 0 Å². The lowest BCUT2D eigenvalue weighted by Gasteiger charge is -2.37. The molecule has 0 saturated heterocycles. The van der Waals surface area contributed by atoms with Crippen molar-refractivity contribution in [2.75, 3.05) is 31.1 Å². The van der Waals surface area contributed by atoms with E-state index in [4.69, 9.17) is 0 Å². The van der Waals surface area contributed by atoms with E-state index in [-0.39, 0.29) is 46.6 Å². The van der Waals surface area contributed by atoms with Crippen LogP contribution in [0, 0.1) is 0 Å². The van der Waals surface area contributed by atoms with Crippen molar-refractivity contribution >= 4 is 22.8 Å². The maximum absolute atomic E-state index is 12.9. The van der Waals surface area contributed by atoms with E-state index in [1.807, 2.05) is 37.2 Å². The number of hydrogen-bond donors (Lipinski definition) is 4. The van der Waals surface area contributed by atoms with Gasteiger partial charge in [0, 0.05) is 42.1 Å². The fourth-order valence-electron chi connectivity index (χ4n) is 4.74. The summed E-state index contributed by atoms with van der Waals surface area (Å²) in [5.74, 6) is -2.10. The van der Waals surface area contributed by atoms with Gasteiger partial charge in [0.15, 0.2) is 11.5 Å². The molecule has 3 rings (SSSR count). The average molecular weight is 445 g/mol. The number of nitrogens with zero attached hydrogens (tertiary/aromatic N) is 2. The van der Waals surface area contributed by atoms with Gasteiger partial charge in [0.05, 0.1) is 30.6 Å². The number of anilines is 1. The van der Waals surface area contributed by atoms with Gasteiger partial charge in [-0.05, 0) is 33.3 Å². The summed E-state index contributed by atoms with van der Waals surface area (Å²) in [5.41, 5.74) is 0.695. The summed E-state index contributed by atoms with van der Waals surface area (Å²) in [6.45, 7) is 10.6. The van der Waals surface area contributed by atoms with Crippen molar-refractivity contribution in [3.63, 3.8) is 0 Å². The number of hydrogen-bond acceptors (Lipinski definition) is 7. The van der Waals surface area contributed by atoms with Crippen molar-refractivity contribution in [3.8, 4) is 11.5 Å². The molecule has 8 nitrogen and oxygen atoms in total. The van der Waals surface area contributed by atoms with Gasteiger partial charge in [-0.1, -0.05) is 5.76 Å². The number of benzene rings is 1. The van der Waals surface area contributed by atoms with Crippen molar-refractivity contribution in [2.45, 2.75) is 52.7 Å². The van der Waals surface area contributed by atoms with Gasteiger partial charge in [-0.15, -0.1) is 0 Å². The Labute approximate surface area is 188 Å². The highest BCUT2D eigenvalue weighted by atomic mass is 16.3. The van der Waals surface area contributed by atoms with Crippen LogP contribution in [0.2, 0.25) is 0 Å². The summed E-state index contributed by atoms with van der Waals surface area (Å²) in [6, 6.07) is 2.83. The Hall–Kier alpha value is -2.84. The highest BCUT2D eigenvalue weighted by molar-refractivity contribution is 6.40. The summed E-state index contributed by atoms with van der Waals surface area (Å²) < 4.78 is 2.05. The van der Waals surface area contributed by atoms with Crippen molar-refractivity contribution < 1.29 is 34.9 Å². The van der Waals surface area contributed by atoms with E-state index in [0.29, 0.717) is 18.8 Å². The van der Waals surface area contributed by atoms with E-state index in [1.54, 1.807) is 0 Å². The molecule has 0 heterocycles. The Morgan fingerprint density at radius 2 is 1.47 bits per heavy atom. The number of ketones is 1. The molecule has 2 aliphatic carbocycles. The molecule has 1 fully saturated rings. The number of aromatic hydroxyl groups is 2. The minimum atomic E-state index is -1.15. The molecular weight excluding hydrogens is 412 g/mol. The highest BCUT2D eigenvalue weighted by Crippen LogP contribution is 2.46. The molecule has 4 N–H and O–H groups in total. The second-order valence-corrected chi connectivity index (χ2v) is 8.07. The van der Waals surface area contributed by atoms with Gasteiger partial charge in [-0.2, -0.15) is 0 Å². The first-order valence-corrected chi connectivity index (χ1v) is 11.2. The van der Waals surface area contributed by atoms with Crippen LogP contribution < -0.4 is 10.0 Å². The van der Waals surface area contributed by atoms with Crippen LogP contribution >= 0.6 is 0 Å². The topological polar surface area (TPSA) is 127 Å². The average Bonchev–Trinajstić information content (AvgIpc) is 2.75. The zero-order chi connectivity index (χ0) is 23.7. The number of Topliss-reactive ketones (excluding diaryl/α,β-unsaturated/α-hetero) is 1. The molecule has 0 amide bonds. The fourth-order valence-corrected chi connectivity index (χ4v) is 4.74. The monoisotopic (exact) mass is 444 g/mol. The van der Waals surface area contributed by atoms with Gasteiger partial charge in [0.2, 0.25) is 0 Å². The SMILES string of the molecule is CCN(CC)c1cc(O)c(C2=C([O-])C(=C3C(O)CC(=[N+](CC)CC)CC3O)C2=O)c(O)c1. The second-order valence-electron chi connectivity index (χ2n) is 8.07. The Kier molecular flexibility index (Phi) is 6.95. The number of allylic oxidation sites excluding steroid dienone is 2.